The first-order chi connectivity index (χ1) is 12.6. The number of halogens is 1. The molecule has 2 aromatic rings. The maximum Gasteiger partial charge on any atom is 0.137 e. The normalized spacial score (nSPS) is 14.5. The van der Waals surface area contributed by atoms with Crippen molar-refractivity contribution in [2.24, 2.45) is 0 Å². The summed E-state index contributed by atoms with van der Waals surface area (Å²) >= 11 is 5.94. The molecule has 0 radical (unpaired) electrons. The summed E-state index contributed by atoms with van der Waals surface area (Å²) in [5.74, 6) is 0.697. The van der Waals surface area contributed by atoms with Gasteiger partial charge in [0, 0.05) is 56.6 Å². The van der Waals surface area contributed by atoms with E-state index in [1.807, 2.05) is 12.1 Å². The summed E-state index contributed by atoms with van der Waals surface area (Å²) in [5.41, 5.74) is 1.83. The van der Waals surface area contributed by atoms with Crippen molar-refractivity contribution >= 4 is 28.9 Å². The molecule has 1 saturated heterocycles. The molecule has 3 rings (SSSR count). The van der Waals surface area contributed by atoms with Crippen LogP contribution in [0.5, 0.6) is 0 Å². The largest absolute Gasteiger partial charge is 0.381 e. The molecular formula is C18H19ClN6O. The standard InChI is InChI=1S/C18H19ClN6O/c1-25(17-8-12(9-20)15(19)11-23-17)18(21)14-10-22-5-2-16(14)24-13-3-6-26-7-4-13/h2,5,8,10-11,13,21H,3-4,6-7H2,1H3,(H,22,24). The van der Waals surface area contributed by atoms with Crippen LogP contribution in [0.25, 0.3) is 0 Å². The van der Waals surface area contributed by atoms with Crippen molar-refractivity contribution in [2.45, 2.75) is 18.9 Å². The number of ether oxygens (including phenoxy) is 1. The van der Waals surface area contributed by atoms with E-state index in [-0.39, 0.29) is 5.84 Å². The van der Waals surface area contributed by atoms with Crippen molar-refractivity contribution in [3.8, 4) is 6.07 Å². The van der Waals surface area contributed by atoms with Crippen LogP contribution in [0, 0.1) is 16.7 Å². The molecule has 1 aliphatic heterocycles. The molecule has 2 N–H and O–H groups in total. The summed E-state index contributed by atoms with van der Waals surface area (Å²) < 4.78 is 5.39. The van der Waals surface area contributed by atoms with Crippen LogP contribution >= 0.6 is 11.6 Å². The van der Waals surface area contributed by atoms with Crippen molar-refractivity contribution in [1.29, 1.82) is 10.7 Å². The lowest BCUT2D eigenvalue weighted by atomic mass is 10.1. The van der Waals surface area contributed by atoms with E-state index in [1.54, 1.807) is 30.4 Å². The molecule has 0 aromatic carbocycles. The van der Waals surface area contributed by atoms with E-state index in [0.717, 1.165) is 31.7 Å². The van der Waals surface area contributed by atoms with Crippen molar-refractivity contribution < 1.29 is 4.74 Å². The fourth-order valence-electron chi connectivity index (χ4n) is 2.76. The van der Waals surface area contributed by atoms with Crippen molar-refractivity contribution in [1.82, 2.24) is 9.97 Å². The van der Waals surface area contributed by atoms with E-state index < -0.39 is 0 Å². The summed E-state index contributed by atoms with van der Waals surface area (Å²) in [5, 5.41) is 21.5. The maximum atomic E-state index is 9.14. The molecular weight excluding hydrogens is 352 g/mol. The molecule has 1 fully saturated rings. The molecule has 26 heavy (non-hydrogen) atoms. The summed E-state index contributed by atoms with van der Waals surface area (Å²) in [6, 6.07) is 5.77. The highest BCUT2D eigenvalue weighted by Gasteiger charge is 2.19. The minimum atomic E-state index is 0.228. The van der Waals surface area contributed by atoms with Crippen LogP contribution in [0.4, 0.5) is 11.5 Å². The van der Waals surface area contributed by atoms with Crippen LogP contribution < -0.4 is 10.2 Å². The van der Waals surface area contributed by atoms with Gasteiger partial charge in [-0.15, -0.1) is 0 Å². The number of anilines is 2. The lowest BCUT2D eigenvalue weighted by molar-refractivity contribution is 0.0904. The van der Waals surface area contributed by atoms with E-state index in [9.17, 15) is 0 Å². The van der Waals surface area contributed by atoms with Crippen molar-refractivity contribution in [3.05, 3.63) is 46.9 Å². The third-order valence-corrected chi connectivity index (χ3v) is 4.60. The summed E-state index contributed by atoms with van der Waals surface area (Å²) in [6.07, 6.45) is 6.63. The van der Waals surface area contributed by atoms with Gasteiger partial charge in [0.15, 0.2) is 0 Å². The van der Waals surface area contributed by atoms with Gasteiger partial charge in [-0.25, -0.2) is 4.98 Å². The zero-order valence-corrected chi connectivity index (χ0v) is 15.1. The zero-order valence-electron chi connectivity index (χ0n) is 14.4. The van der Waals surface area contributed by atoms with Gasteiger partial charge < -0.3 is 15.0 Å². The first kappa shape index (κ1) is 18.1. The number of nitriles is 1. The first-order valence-electron chi connectivity index (χ1n) is 8.26. The molecule has 8 heteroatoms. The monoisotopic (exact) mass is 370 g/mol. The molecule has 1 aliphatic rings. The molecule has 0 bridgehead atoms. The number of pyridine rings is 2. The van der Waals surface area contributed by atoms with Crippen molar-refractivity contribution in [3.63, 3.8) is 0 Å². The van der Waals surface area contributed by atoms with Gasteiger partial charge in [-0.1, -0.05) is 11.6 Å². The average Bonchev–Trinajstić information content (AvgIpc) is 2.68. The van der Waals surface area contributed by atoms with E-state index >= 15 is 0 Å². The Morgan fingerprint density at radius 3 is 2.92 bits per heavy atom. The predicted octanol–water partition coefficient (Wildman–Crippen LogP) is 3.05. The van der Waals surface area contributed by atoms with E-state index in [2.05, 4.69) is 15.3 Å². The third kappa shape index (κ3) is 3.93. The molecule has 3 heterocycles. The molecule has 0 spiro atoms. The molecule has 0 amide bonds. The average molecular weight is 371 g/mol. The van der Waals surface area contributed by atoms with E-state index in [1.165, 1.54) is 6.20 Å². The molecule has 134 valence electrons. The quantitative estimate of drug-likeness (QED) is 0.634. The van der Waals surface area contributed by atoms with Crippen LogP contribution in [0.15, 0.2) is 30.7 Å². The van der Waals surface area contributed by atoms with Gasteiger partial charge in [0.25, 0.3) is 0 Å². The third-order valence-electron chi connectivity index (χ3n) is 4.30. The number of nitrogens with one attached hydrogen (secondary N) is 2. The minimum absolute atomic E-state index is 0.228. The molecule has 2 aromatic heterocycles. The van der Waals surface area contributed by atoms with Gasteiger partial charge in [0.05, 0.1) is 16.1 Å². The first-order valence-corrected chi connectivity index (χ1v) is 8.64. The molecule has 0 atom stereocenters. The second kappa shape index (κ2) is 8.13. The van der Waals surface area contributed by atoms with Gasteiger partial charge in [-0.2, -0.15) is 5.26 Å². The fraction of sp³-hybridized carbons (Fsp3) is 0.333. The second-order valence-corrected chi connectivity index (χ2v) is 6.40. The van der Waals surface area contributed by atoms with Crippen LogP contribution in [0.3, 0.4) is 0 Å². The maximum absolute atomic E-state index is 9.14. The fourth-order valence-corrected chi connectivity index (χ4v) is 2.91. The van der Waals surface area contributed by atoms with Gasteiger partial charge in [-0.05, 0) is 18.9 Å². The second-order valence-electron chi connectivity index (χ2n) is 5.99. The van der Waals surface area contributed by atoms with Crippen LogP contribution in [0.2, 0.25) is 5.02 Å². The molecule has 0 saturated carbocycles. The summed E-state index contributed by atoms with van der Waals surface area (Å²) in [7, 11) is 1.73. The molecule has 7 nitrogen and oxygen atoms in total. The van der Waals surface area contributed by atoms with Crippen LogP contribution in [-0.4, -0.2) is 42.1 Å². The van der Waals surface area contributed by atoms with E-state index in [0.29, 0.717) is 28.0 Å². The van der Waals surface area contributed by atoms with E-state index in [4.69, 9.17) is 27.0 Å². The Morgan fingerprint density at radius 2 is 2.19 bits per heavy atom. The number of hydrogen-bond donors (Lipinski definition) is 2. The van der Waals surface area contributed by atoms with Crippen LogP contribution in [0.1, 0.15) is 24.0 Å². The van der Waals surface area contributed by atoms with Crippen molar-refractivity contribution in [2.75, 3.05) is 30.5 Å². The highest BCUT2D eigenvalue weighted by molar-refractivity contribution is 6.31. The Hall–Kier alpha value is -2.69. The van der Waals surface area contributed by atoms with Gasteiger partial charge in [-0.3, -0.25) is 10.4 Å². The number of rotatable bonds is 4. The van der Waals surface area contributed by atoms with Gasteiger partial charge in [0.2, 0.25) is 0 Å². The SMILES string of the molecule is CN(C(=N)c1cnccc1NC1CCOCC1)c1cc(C#N)c(Cl)cn1. The smallest absolute Gasteiger partial charge is 0.137 e. The lowest BCUT2D eigenvalue weighted by Crippen LogP contribution is -2.31. The lowest BCUT2D eigenvalue weighted by Gasteiger charge is -2.26. The topological polar surface area (TPSA) is 97.9 Å². The van der Waals surface area contributed by atoms with Gasteiger partial charge >= 0.3 is 0 Å². The number of hydrogen-bond acceptors (Lipinski definition) is 6. The number of amidine groups is 1. The minimum Gasteiger partial charge on any atom is -0.381 e. The number of nitrogens with zero attached hydrogens (tertiary/aromatic N) is 4. The molecule has 0 aliphatic carbocycles. The Balaban J connectivity index is 1.84. The Kier molecular flexibility index (Phi) is 5.66. The van der Waals surface area contributed by atoms with Crippen LogP contribution in [-0.2, 0) is 4.74 Å². The Morgan fingerprint density at radius 1 is 1.42 bits per heavy atom. The summed E-state index contributed by atoms with van der Waals surface area (Å²) in [6.45, 7) is 1.47. The number of aromatic nitrogens is 2. The predicted molar refractivity (Wildman–Crippen MR) is 101 cm³/mol. The van der Waals surface area contributed by atoms with Gasteiger partial charge in [0.1, 0.15) is 17.7 Å². The summed E-state index contributed by atoms with van der Waals surface area (Å²) in [4.78, 5) is 9.98. The Bertz CT molecular complexity index is 844. The Labute approximate surface area is 157 Å². The highest BCUT2D eigenvalue weighted by Crippen LogP contribution is 2.23. The highest BCUT2D eigenvalue weighted by atomic mass is 35.5. The zero-order chi connectivity index (χ0) is 18.5. The molecule has 0 unspecified atom stereocenters.